The van der Waals surface area contributed by atoms with Crippen LogP contribution in [-0.2, 0) is 11.0 Å². The fraction of sp³-hybridized carbons (Fsp3) is 0.320. The highest BCUT2D eigenvalue weighted by Gasteiger charge is 2.49. The molecule has 0 aliphatic carbocycles. The van der Waals surface area contributed by atoms with E-state index < -0.39 is 8.32 Å². The van der Waals surface area contributed by atoms with Crippen molar-refractivity contribution in [3.63, 3.8) is 0 Å². The molecule has 0 N–H and O–H groups in total. The zero-order valence-electron chi connectivity index (χ0n) is 18.8. The predicted molar refractivity (Wildman–Crippen MR) is 133 cm³/mol. The average molecular weight is 465 g/mol. The molecule has 0 bridgehead atoms. The van der Waals surface area contributed by atoms with E-state index in [9.17, 15) is 0 Å². The molecule has 0 saturated carbocycles. The van der Waals surface area contributed by atoms with E-state index in [1.54, 1.807) is 6.33 Å². The summed E-state index contributed by atoms with van der Waals surface area (Å²) < 4.78 is 8.99. The highest BCUT2D eigenvalue weighted by Crippen LogP contribution is 2.36. The van der Waals surface area contributed by atoms with E-state index in [1.165, 1.54) is 16.7 Å². The molecular weight excluding hydrogens is 436 g/mol. The smallest absolute Gasteiger partial charge is 0.261 e. The minimum atomic E-state index is -2.47. The molecule has 0 spiro atoms. The second-order valence-corrected chi connectivity index (χ2v) is 13.7. The molecule has 2 aromatic carbocycles. The van der Waals surface area contributed by atoms with Crippen LogP contribution in [0.1, 0.15) is 33.6 Å². The lowest BCUT2D eigenvalue weighted by atomic mass is 10.2. The van der Waals surface area contributed by atoms with Crippen molar-refractivity contribution in [2.45, 2.75) is 45.2 Å². The van der Waals surface area contributed by atoms with Crippen LogP contribution in [0.15, 0.2) is 73.3 Å². The standard InChI is InChI=1S/C25H29ClN4OSi/c1-25(2,3)32(20-12-6-4-7-13-20,21-14-8-5-9-15-21)31-17-11-10-16-30-19-29-22-23(26)27-18-28-24(22)30/h4-9,12-15,18-19H,10-11,16-17H2,1-3H3. The lowest BCUT2D eigenvalue weighted by molar-refractivity contribution is 0.285. The zero-order valence-corrected chi connectivity index (χ0v) is 20.6. The van der Waals surface area contributed by atoms with Crippen LogP contribution in [0.4, 0.5) is 0 Å². The number of halogens is 1. The van der Waals surface area contributed by atoms with E-state index in [2.05, 4.69) is 96.4 Å². The third kappa shape index (κ3) is 4.35. The normalized spacial score (nSPS) is 12.4. The van der Waals surface area contributed by atoms with Gasteiger partial charge in [-0.05, 0) is 28.3 Å². The third-order valence-electron chi connectivity index (χ3n) is 5.89. The highest BCUT2D eigenvalue weighted by molar-refractivity contribution is 6.99. The maximum Gasteiger partial charge on any atom is 0.261 e. The van der Waals surface area contributed by atoms with Gasteiger partial charge in [-0.15, -0.1) is 0 Å². The van der Waals surface area contributed by atoms with Gasteiger partial charge in [0.05, 0.1) is 6.33 Å². The first kappa shape index (κ1) is 22.6. The molecule has 0 radical (unpaired) electrons. The molecule has 0 atom stereocenters. The second kappa shape index (κ2) is 9.53. The number of benzene rings is 2. The van der Waals surface area contributed by atoms with Gasteiger partial charge in [0.1, 0.15) is 11.8 Å². The van der Waals surface area contributed by atoms with Crippen LogP contribution in [0.5, 0.6) is 0 Å². The topological polar surface area (TPSA) is 52.8 Å². The molecule has 32 heavy (non-hydrogen) atoms. The minimum absolute atomic E-state index is 0.00999. The largest absolute Gasteiger partial charge is 0.407 e. The maximum atomic E-state index is 6.96. The van der Waals surface area contributed by atoms with Crippen molar-refractivity contribution in [1.82, 2.24) is 19.5 Å². The summed E-state index contributed by atoms with van der Waals surface area (Å²) in [6.45, 7) is 8.44. The summed E-state index contributed by atoms with van der Waals surface area (Å²) >= 11 is 6.12. The second-order valence-electron chi connectivity index (χ2n) is 8.99. The summed E-state index contributed by atoms with van der Waals surface area (Å²) in [5, 5.41) is 3.00. The molecule has 2 heterocycles. The van der Waals surface area contributed by atoms with Crippen LogP contribution < -0.4 is 10.4 Å². The molecule has 0 saturated heterocycles. The van der Waals surface area contributed by atoms with Gasteiger partial charge < -0.3 is 8.99 Å². The molecule has 0 unspecified atom stereocenters. The van der Waals surface area contributed by atoms with Crippen LogP contribution >= 0.6 is 11.6 Å². The van der Waals surface area contributed by atoms with Gasteiger partial charge in [0.15, 0.2) is 10.8 Å². The van der Waals surface area contributed by atoms with E-state index in [4.69, 9.17) is 16.0 Å². The summed E-state index contributed by atoms with van der Waals surface area (Å²) in [6, 6.07) is 21.5. The molecule has 4 aromatic rings. The summed E-state index contributed by atoms with van der Waals surface area (Å²) in [7, 11) is -2.47. The number of hydrogen-bond donors (Lipinski definition) is 0. The number of aryl methyl sites for hydroxylation is 1. The van der Waals surface area contributed by atoms with Crippen LogP contribution in [-0.4, -0.2) is 34.4 Å². The van der Waals surface area contributed by atoms with E-state index in [0.29, 0.717) is 17.3 Å². The number of hydrogen-bond acceptors (Lipinski definition) is 4. The van der Waals surface area contributed by atoms with Crippen molar-refractivity contribution in [3.05, 3.63) is 78.5 Å². The minimum Gasteiger partial charge on any atom is -0.407 e. The Morgan fingerprint density at radius 1 is 0.875 bits per heavy atom. The van der Waals surface area contributed by atoms with E-state index in [1.807, 2.05) is 4.57 Å². The summed E-state index contributed by atoms with van der Waals surface area (Å²) in [6.07, 6.45) is 5.18. The Balaban J connectivity index is 1.51. The van der Waals surface area contributed by atoms with Gasteiger partial charge >= 0.3 is 0 Å². The molecule has 2 aromatic heterocycles. The fourth-order valence-corrected chi connectivity index (χ4v) is 9.17. The van der Waals surface area contributed by atoms with Gasteiger partial charge in [0.25, 0.3) is 8.32 Å². The molecule has 4 rings (SSSR count). The first-order chi connectivity index (χ1) is 15.4. The molecule has 0 aliphatic heterocycles. The summed E-state index contributed by atoms with van der Waals surface area (Å²) in [5.41, 5.74) is 1.43. The Hall–Kier alpha value is -2.54. The van der Waals surface area contributed by atoms with E-state index in [0.717, 1.165) is 25.0 Å². The first-order valence-corrected chi connectivity index (χ1v) is 13.3. The van der Waals surface area contributed by atoms with Crippen molar-refractivity contribution in [1.29, 1.82) is 0 Å². The number of nitrogens with zero attached hydrogens (tertiary/aromatic N) is 4. The summed E-state index contributed by atoms with van der Waals surface area (Å²) in [4.78, 5) is 12.7. The zero-order chi connectivity index (χ0) is 22.6. The number of fused-ring (bicyclic) bond motifs is 1. The van der Waals surface area contributed by atoms with Gasteiger partial charge in [0, 0.05) is 13.2 Å². The van der Waals surface area contributed by atoms with E-state index in [-0.39, 0.29) is 5.04 Å². The van der Waals surface area contributed by atoms with Crippen molar-refractivity contribution >= 4 is 41.5 Å². The fourth-order valence-electron chi connectivity index (χ4n) is 4.39. The Morgan fingerprint density at radius 2 is 1.50 bits per heavy atom. The number of unbranched alkanes of at least 4 members (excludes halogenated alkanes) is 1. The van der Waals surface area contributed by atoms with Gasteiger partial charge in [0.2, 0.25) is 0 Å². The van der Waals surface area contributed by atoms with Crippen LogP contribution in [0, 0.1) is 0 Å². The van der Waals surface area contributed by atoms with Gasteiger partial charge in [-0.3, -0.25) is 0 Å². The van der Waals surface area contributed by atoms with Crippen molar-refractivity contribution < 1.29 is 4.43 Å². The Kier molecular flexibility index (Phi) is 6.74. The van der Waals surface area contributed by atoms with Crippen LogP contribution in [0.2, 0.25) is 10.2 Å². The van der Waals surface area contributed by atoms with Crippen molar-refractivity contribution in [2.75, 3.05) is 6.61 Å². The Morgan fingerprint density at radius 3 is 2.09 bits per heavy atom. The number of rotatable bonds is 8. The van der Waals surface area contributed by atoms with Crippen molar-refractivity contribution in [3.8, 4) is 0 Å². The Bertz CT molecular complexity index is 1120. The van der Waals surface area contributed by atoms with Crippen LogP contribution in [0.3, 0.4) is 0 Å². The lowest BCUT2D eigenvalue weighted by Crippen LogP contribution is -2.66. The quantitative estimate of drug-likeness (QED) is 0.213. The van der Waals surface area contributed by atoms with Crippen molar-refractivity contribution in [2.24, 2.45) is 0 Å². The first-order valence-electron chi connectivity index (χ1n) is 11.0. The lowest BCUT2D eigenvalue weighted by Gasteiger charge is -2.43. The SMILES string of the molecule is CC(C)(C)[Si](OCCCCn1cnc2c(Cl)ncnc21)(c1ccccc1)c1ccccc1. The average Bonchev–Trinajstić information content (AvgIpc) is 3.21. The summed E-state index contributed by atoms with van der Waals surface area (Å²) in [5.74, 6) is 0. The highest BCUT2D eigenvalue weighted by atomic mass is 35.5. The van der Waals surface area contributed by atoms with Crippen LogP contribution in [0.25, 0.3) is 11.2 Å². The molecule has 166 valence electrons. The number of aromatic nitrogens is 4. The third-order valence-corrected chi connectivity index (χ3v) is 11.2. The number of imidazole rings is 1. The molecule has 7 heteroatoms. The Labute approximate surface area is 195 Å². The van der Waals surface area contributed by atoms with Gasteiger partial charge in [-0.2, -0.15) is 0 Å². The molecular formula is C25H29ClN4OSi. The molecule has 5 nitrogen and oxygen atoms in total. The van der Waals surface area contributed by atoms with Gasteiger partial charge in [-0.1, -0.05) is 93.0 Å². The van der Waals surface area contributed by atoms with E-state index >= 15 is 0 Å². The van der Waals surface area contributed by atoms with Gasteiger partial charge in [-0.25, -0.2) is 15.0 Å². The molecule has 0 fully saturated rings. The maximum absolute atomic E-state index is 6.96. The predicted octanol–water partition coefficient (Wildman–Crippen LogP) is 4.84. The molecule has 0 aliphatic rings. The molecule has 0 amide bonds. The monoisotopic (exact) mass is 464 g/mol.